The Bertz CT molecular complexity index is 160. The highest BCUT2D eigenvalue weighted by Crippen LogP contribution is 2.04. The molecule has 0 fully saturated rings. The molecule has 0 rings (SSSR count). The lowest BCUT2D eigenvalue weighted by molar-refractivity contribution is -0.136. The van der Waals surface area contributed by atoms with Crippen molar-refractivity contribution >= 4 is 15.6 Å². The fourth-order valence-corrected chi connectivity index (χ4v) is 1.05. The maximum absolute atomic E-state index is 10.6. The second-order valence-corrected chi connectivity index (χ2v) is 3.76. The summed E-state index contributed by atoms with van der Waals surface area (Å²) in [4.78, 5) is 10.6. The highest BCUT2D eigenvalue weighted by Gasteiger charge is 2.30. The molecule has 0 radical (unpaired) electrons. The van der Waals surface area contributed by atoms with Crippen LogP contribution in [0, 0.1) is 0 Å². The molecule has 12 heavy (non-hydrogen) atoms. The zero-order valence-electron chi connectivity index (χ0n) is 7.01. The second-order valence-electron chi connectivity index (χ2n) is 2.78. The number of hydrogen-bond acceptors (Lipinski definition) is 5. The molecule has 0 saturated carbocycles. The van der Waals surface area contributed by atoms with Gasteiger partial charge in [-0.1, -0.05) is 0 Å². The summed E-state index contributed by atoms with van der Waals surface area (Å²) in [6.07, 6.45) is -5.84. The van der Waals surface area contributed by atoms with Crippen LogP contribution in [0.4, 0.5) is 0 Å². The first-order chi connectivity index (χ1) is 5.37. The van der Waals surface area contributed by atoms with Crippen LogP contribution in [0.1, 0.15) is 6.92 Å². The van der Waals surface area contributed by atoms with E-state index in [2.05, 4.69) is 0 Å². The second kappa shape index (κ2) is 4.68. The van der Waals surface area contributed by atoms with Gasteiger partial charge in [0, 0.05) is 0 Å². The van der Waals surface area contributed by atoms with Crippen LogP contribution in [0.2, 0.25) is 0 Å². The van der Waals surface area contributed by atoms with E-state index in [9.17, 15) is 4.79 Å². The third kappa shape index (κ3) is 3.00. The number of carbonyl (C=O) groups excluding carboxylic acids is 1. The zero-order chi connectivity index (χ0) is 9.89. The summed E-state index contributed by atoms with van der Waals surface area (Å²) in [6, 6.07) is 0. The van der Waals surface area contributed by atoms with E-state index >= 15 is 0 Å². The van der Waals surface area contributed by atoms with Gasteiger partial charge < -0.3 is 25.2 Å². The monoisotopic (exact) mass is 194 g/mol. The molecule has 0 aliphatic rings. The summed E-state index contributed by atoms with van der Waals surface area (Å²) in [5, 5.41) is 35.4. The fourth-order valence-electron chi connectivity index (χ4n) is 0.713. The van der Waals surface area contributed by atoms with Crippen molar-refractivity contribution in [2.45, 2.75) is 31.3 Å². The van der Waals surface area contributed by atoms with Crippen molar-refractivity contribution in [2.75, 3.05) is 0 Å². The molecule has 0 spiro atoms. The maximum atomic E-state index is 10.6. The lowest BCUT2D eigenvalue weighted by atomic mass is 10.1. The van der Waals surface area contributed by atoms with Gasteiger partial charge in [-0.3, -0.25) is 0 Å². The Hall–Kier alpha value is -0.273. The first kappa shape index (κ1) is 11.7. The van der Waals surface area contributed by atoms with Crippen LogP contribution in [-0.2, 0) is 4.79 Å². The van der Waals surface area contributed by atoms with Crippen molar-refractivity contribution in [3.8, 4) is 0 Å². The van der Waals surface area contributed by atoms with Crippen LogP contribution in [0.3, 0.4) is 0 Å². The number of aliphatic hydroxyl groups excluding tert-OH is 4. The Balaban J connectivity index is 4.18. The first-order valence-corrected chi connectivity index (χ1v) is 4.60. The van der Waals surface area contributed by atoms with Gasteiger partial charge in [0.25, 0.3) is 0 Å². The molecule has 5 nitrogen and oxygen atoms in total. The average Bonchev–Trinajstić information content (AvgIpc) is 2.00. The molecule has 4 unspecified atom stereocenters. The topological polar surface area (TPSA) is 98.0 Å². The van der Waals surface area contributed by atoms with Gasteiger partial charge in [0.1, 0.15) is 23.7 Å². The molecule has 4 atom stereocenters. The summed E-state index contributed by atoms with van der Waals surface area (Å²) in [7, 11) is 0.101. The summed E-state index contributed by atoms with van der Waals surface area (Å²) in [5.74, 6) is 0. The van der Waals surface area contributed by atoms with E-state index in [4.69, 9.17) is 20.4 Å². The van der Waals surface area contributed by atoms with Gasteiger partial charge in [-0.05, 0) is 6.92 Å². The van der Waals surface area contributed by atoms with Gasteiger partial charge in [0.05, 0.1) is 16.3 Å². The Morgan fingerprint density at radius 2 is 1.58 bits per heavy atom. The van der Waals surface area contributed by atoms with Crippen molar-refractivity contribution in [1.29, 1.82) is 0 Å². The van der Waals surface area contributed by atoms with Crippen molar-refractivity contribution in [1.82, 2.24) is 0 Å². The molecule has 6 heteroatoms. The number of hydrogen-bond donors (Lipinski definition) is 4. The molecule has 4 N–H and O–H groups in total. The van der Waals surface area contributed by atoms with Crippen molar-refractivity contribution in [3.63, 3.8) is 0 Å². The molecule has 0 aliphatic heterocycles. The highest BCUT2D eigenvalue weighted by atomic mass is 28.1. The normalized spacial score (nSPS) is 21.4. The zero-order valence-corrected chi connectivity index (χ0v) is 9.01. The predicted molar refractivity (Wildman–Crippen MR) is 44.6 cm³/mol. The van der Waals surface area contributed by atoms with E-state index in [1.54, 1.807) is 0 Å². The van der Waals surface area contributed by atoms with Crippen LogP contribution < -0.4 is 0 Å². The van der Waals surface area contributed by atoms with Crippen LogP contribution in [0.15, 0.2) is 0 Å². The molecule has 0 heterocycles. The smallest absolute Gasteiger partial charge is 0.135 e. The molecule has 0 saturated heterocycles. The summed E-state index contributed by atoms with van der Waals surface area (Å²) in [5.41, 5.74) is 0. The molecule has 0 aromatic heterocycles. The quantitative estimate of drug-likeness (QED) is 0.346. The summed E-state index contributed by atoms with van der Waals surface area (Å²) in [6.45, 7) is 1.26. The molecule has 0 aliphatic carbocycles. The van der Waals surface area contributed by atoms with E-state index in [0.29, 0.717) is 0 Å². The number of aliphatic hydroxyl groups is 4. The van der Waals surface area contributed by atoms with E-state index in [0.717, 1.165) is 0 Å². The standard InChI is InChI=1S/C6H14O5Si/c1-2(7)3(8)4(9)5(10)6(11)12/h2-5,7-10H,1,12H3. The van der Waals surface area contributed by atoms with Crippen LogP contribution in [0.5, 0.6) is 0 Å². The van der Waals surface area contributed by atoms with E-state index in [1.807, 2.05) is 0 Å². The minimum absolute atomic E-state index is 0.101. The van der Waals surface area contributed by atoms with E-state index in [1.165, 1.54) is 6.92 Å². The Morgan fingerprint density at radius 3 is 1.83 bits per heavy atom. The van der Waals surface area contributed by atoms with Gasteiger partial charge in [-0.15, -0.1) is 0 Å². The van der Waals surface area contributed by atoms with Crippen LogP contribution >= 0.6 is 0 Å². The highest BCUT2D eigenvalue weighted by molar-refractivity contribution is 6.58. The summed E-state index contributed by atoms with van der Waals surface area (Å²) < 4.78 is 0. The summed E-state index contributed by atoms with van der Waals surface area (Å²) >= 11 is 0. The van der Waals surface area contributed by atoms with Crippen molar-refractivity contribution in [2.24, 2.45) is 0 Å². The van der Waals surface area contributed by atoms with Gasteiger partial charge >= 0.3 is 0 Å². The first-order valence-electron chi connectivity index (χ1n) is 3.60. The van der Waals surface area contributed by atoms with Crippen LogP contribution in [0.25, 0.3) is 0 Å². The van der Waals surface area contributed by atoms with E-state index in [-0.39, 0.29) is 10.2 Å². The largest absolute Gasteiger partial charge is 0.391 e. The number of carbonyl (C=O) groups is 1. The third-order valence-corrected chi connectivity index (χ3v) is 2.18. The third-order valence-electron chi connectivity index (χ3n) is 1.58. The van der Waals surface area contributed by atoms with E-state index < -0.39 is 29.8 Å². The minimum Gasteiger partial charge on any atom is -0.391 e. The molecule has 0 aromatic rings. The average molecular weight is 194 g/mol. The molecule has 72 valence electrons. The Morgan fingerprint density at radius 1 is 1.17 bits per heavy atom. The maximum Gasteiger partial charge on any atom is 0.135 e. The lowest BCUT2D eigenvalue weighted by Gasteiger charge is -2.23. The Labute approximate surface area is 73.1 Å². The SMILES string of the molecule is CC(O)C(O)C(O)C(O)C(=O)[SiH3]. The molecule has 0 amide bonds. The molecular formula is C6H14O5Si. The fraction of sp³-hybridized carbons (Fsp3) is 0.833. The van der Waals surface area contributed by atoms with Gasteiger partial charge in [0.2, 0.25) is 0 Å². The Kier molecular flexibility index (Phi) is 4.57. The van der Waals surface area contributed by atoms with Gasteiger partial charge in [-0.25, -0.2) is 0 Å². The van der Waals surface area contributed by atoms with Crippen molar-refractivity contribution < 1.29 is 25.2 Å². The molecule has 0 aromatic carbocycles. The number of rotatable bonds is 4. The van der Waals surface area contributed by atoms with Gasteiger partial charge in [-0.2, -0.15) is 0 Å². The molecule has 0 bridgehead atoms. The lowest BCUT2D eigenvalue weighted by Crippen LogP contribution is -2.46. The van der Waals surface area contributed by atoms with Crippen molar-refractivity contribution in [3.05, 3.63) is 0 Å². The minimum atomic E-state index is -1.60. The van der Waals surface area contributed by atoms with Gasteiger partial charge in [0.15, 0.2) is 0 Å². The molecular weight excluding hydrogens is 180 g/mol. The van der Waals surface area contributed by atoms with Crippen LogP contribution in [-0.4, -0.2) is 60.5 Å². The predicted octanol–water partition coefficient (Wildman–Crippen LogP) is -3.66.